The number of aromatic nitrogens is 2. The molecule has 0 fully saturated rings. The van der Waals surface area contributed by atoms with E-state index in [1.165, 1.54) is 18.7 Å². The highest BCUT2D eigenvalue weighted by atomic mass is 32.2. The Morgan fingerprint density at radius 3 is 2.13 bits per heavy atom. The predicted molar refractivity (Wildman–Crippen MR) is 119 cm³/mol. The second-order valence-electron chi connectivity index (χ2n) is 6.31. The van der Waals surface area contributed by atoms with Gasteiger partial charge in [0.05, 0.1) is 18.1 Å². The molecule has 154 valence electrons. The number of amides is 2. The average molecular weight is 423 g/mol. The molecular formula is C22H22N4O3S. The van der Waals surface area contributed by atoms with Crippen LogP contribution >= 0.6 is 11.8 Å². The third kappa shape index (κ3) is 6.31. The molecule has 0 spiro atoms. The second kappa shape index (κ2) is 10.4. The van der Waals surface area contributed by atoms with Crippen molar-refractivity contribution in [3.63, 3.8) is 0 Å². The van der Waals surface area contributed by atoms with Crippen molar-refractivity contribution < 1.29 is 14.3 Å². The van der Waals surface area contributed by atoms with Crippen LogP contribution < -0.4 is 15.4 Å². The lowest BCUT2D eigenvalue weighted by molar-refractivity contribution is -0.114. The lowest BCUT2D eigenvalue weighted by atomic mass is 10.1. The molecule has 1 heterocycles. The monoisotopic (exact) mass is 422 g/mol. The van der Waals surface area contributed by atoms with Gasteiger partial charge in [-0.1, -0.05) is 11.8 Å². The van der Waals surface area contributed by atoms with Crippen LogP contribution in [0.25, 0.3) is 11.3 Å². The number of rotatable bonds is 8. The highest BCUT2D eigenvalue weighted by Crippen LogP contribution is 2.22. The number of nitrogens with zero attached hydrogens (tertiary/aromatic N) is 2. The first-order valence-electron chi connectivity index (χ1n) is 9.41. The number of nitrogens with one attached hydrogen (secondary N) is 2. The molecule has 0 aliphatic heterocycles. The molecule has 2 aromatic carbocycles. The van der Waals surface area contributed by atoms with Gasteiger partial charge in [-0.25, -0.2) is 0 Å². The van der Waals surface area contributed by atoms with E-state index in [1.54, 1.807) is 24.3 Å². The van der Waals surface area contributed by atoms with Gasteiger partial charge < -0.3 is 15.4 Å². The zero-order valence-corrected chi connectivity index (χ0v) is 17.5. The first kappa shape index (κ1) is 21.3. The topological polar surface area (TPSA) is 93.2 Å². The number of anilines is 2. The fraction of sp³-hybridized carbons (Fsp3) is 0.182. The van der Waals surface area contributed by atoms with Crippen LogP contribution in [0.3, 0.4) is 0 Å². The number of hydrogen-bond acceptors (Lipinski definition) is 6. The molecule has 0 bridgehead atoms. The van der Waals surface area contributed by atoms with Gasteiger partial charge in [0.25, 0.3) is 0 Å². The van der Waals surface area contributed by atoms with Gasteiger partial charge in [-0.2, -0.15) is 0 Å². The number of benzene rings is 2. The highest BCUT2D eigenvalue weighted by Gasteiger charge is 2.07. The molecule has 1 aromatic heterocycles. The molecular weight excluding hydrogens is 400 g/mol. The summed E-state index contributed by atoms with van der Waals surface area (Å²) in [4.78, 5) is 23.2. The van der Waals surface area contributed by atoms with E-state index >= 15 is 0 Å². The van der Waals surface area contributed by atoms with Gasteiger partial charge in [0.15, 0.2) is 0 Å². The van der Waals surface area contributed by atoms with Crippen molar-refractivity contribution in [2.45, 2.75) is 18.9 Å². The number of thioether (sulfide) groups is 1. The molecule has 0 radical (unpaired) electrons. The van der Waals surface area contributed by atoms with Crippen molar-refractivity contribution in [2.75, 3.05) is 23.0 Å². The molecule has 0 unspecified atom stereocenters. The van der Waals surface area contributed by atoms with Crippen LogP contribution in [0, 0.1) is 0 Å². The fourth-order valence-electron chi connectivity index (χ4n) is 2.62. The number of ether oxygens (including phenoxy) is 1. The van der Waals surface area contributed by atoms with Gasteiger partial charge in [0, 0.05) is 23.9 Å². The summed E-state index contributed by atoms with van der Waals surface area (Å²) in [6.07, 6.45) is 0. The Bertz CT molecular complexity index is 990. The summed E-state index contributed by atoms with van der Waals surface area (Å²) < 4.78 is 5.44. The Labute approximate surface area is 179 Å². The Kier molecular flexibility index (Phi) is 7.40. The minimum atomic E-state index is -0.148. The summed E-state index contributed by atoms with van der Waals surface area (Å²) >= 11 is 1.31. The summed E-state index contributed by atoms with van der Waals surface area (Å²) in [5, 5.41) is 14.6. The van der Waals surface area contributed by atoms with Crippen molar-refractivity contribution in [2.24, 2.45) is 0 Å². The van der Waals surface area contributed by atoms with Gasteiger partial charge in [-0.05, 0) is 67.6 Å². The summed E-state index contributed by atoms with van der Waals surface area (Å²) in [5.41, 5.74) is 3.04. The van der Waals surface area contributed by atoms with Crippen LogP contribution in [0.15, 0.2) is 65.7 Å². The molecule has 2 N–H and O–H groups in total. The van der Waals surface area contributed by atoms with E-state index in [-0.39, 0.29) is 17.6 Å². The van der Waals surface area contributed by atoms with Crippen molar-refractivity contribution >= 4 is 35.0 Å². The minimum absolute atomic E-state index is 0.141. The van der Waals surface area contributed by atoms with E-state index in [4.69, 9.17) is 4.74 Å². The van der Waals surface area contributed by atoms with Gasteiger partial charge in [-0.3, -0.25) is 9.59 Å². The molecule has 0 atom stereocenters. The largest absolute Gasteiger partial charge is 0.494 e. The molecule has 7 nitrogen and oxygen atoms in total. The molecule has 0 aliphatic rings. The van der Waals surface area contributed by atoms with Crippen LogP contribution in [0.4, 0.5) is 11.4 Å². The van der Waals surface area contributed by atoms with E-state index in [1.807, 2.05) is 43.3 Å². The smallest absolute Gasteiger partial charge is 0.234 e. The van der Waals surface area contributed by atoms with E-state index < -0.39 is 0 Å². The Hall–Kier alpha value is -3.39. The minimum Gasteiger partial charge on any atom is -0.494 e. The molecule has 8 heteroatoms. The SMILES string of the molecule is CCOc1ccc(-c2ccc(SCC(=O)Nc3ccc(NC(C)=O)cc3)nn2)cc1. The average Bonchev–Trinajstić information content (AvgIpc) is 2.75. The number of carbonyl (C=O) groups excluding carboxylic acids is 2. The van der Waals surface area contributed by atoms with E-state index in [0.717, 1.165) is 17.0 Å². The maximum Gasteiger partial charge on any atom is 0.234 e. The fourth-order valence-corrected chi connectivity index (χ4v) is 3.23. The summed E-state index contributed by atoms with van der Waals surface area (Å²) in [6.45, 7) is 4.02. The lowest BCUT2D eigenvalue weighted by Crippen LogP contribution is -2.14. The molecule has 3 rings (SSSR count). The van der Waals surface area contributed by atoms with Crippen molar-refractivity contribution in [3.8, 4) is 17.0 Å². The maximum absolute atomic E-state index is 12.2. The first-order chi connectivity index (χ1) is 14.5. The lowest BCUT2D eigenvalue weighted by Gasteiger charge is -2.07. The van der Waals surface area contributed by atoms with Crippen LogP contribution in [0.1, 0.15) is 13.8 Å². The Morgan fingerprint density at radius 2 is 1.57 bits per heavy atom. The predicted octanol–water partition coefficient (Wildman–Crippen LogP) is 4.23. The zero-order chi connectivity index (χ0) is 21.3. The van der Waals surface area contributed by atoms with Crippen LogP contribution in [0.2, 0.25) is 0 Å². The Morgan fingerprint density at radius 1 is 0.900 bits per heavy atom. The van der Waals surface area contributed by atoms with Gasteiger partial charge in [0.2, 0.25) is 11.8 Å². The third-order valence-corrected chi connectivity index (χ3v) is 4.86. The highest BCUT2D eigenvalue weighted by molar-refractivity contribution is 7.99. The maximum atomic E-state index is 12.2. The third-order valence-electron chi connectivity index (χ3n) is 3.94. The van der Waals surface area contributed by atoms with Gasteiger partial charge in [0.1, 0.15) is 10.8 Å². The van der Waals surface area contributed by atoms with E-state index in [9.17, 15) is 9.59 Å². The molecule has 0 aliphatic carbocycles. The number of hydrogen-bond donors (Lipinski definition) is 2. The summed E-state index contributed by atoms with van der Waals surface area (Å²) in [5.74, 6) is 0.740. The van der Waals surface area contributed by atoms with Crippen LogP contribution in [0.5, 0.6) is 5.75 Å². The summed E-state index contributed by atoms with van der Waals surface area (Å²) in [6, 6.07) is 18.3. The summed E-state index contributed by atoms with van der Waals surface area (Å²) in [7, 11) is 0. The second-order valence-corrected chi connectivity index (χ2v) is 7.31. The Balaban J connectivity index is 1.50. The first-order valence-corrected chi connectivity index (χ1v) is 10.4. The molecule has 0 saturated carbocycles. The van der Waals surface area contributed by atoms with Crippen LogP contribution in [-0.4, -0.2) is 34.4 Å². The van der Waals surface area contributed by atoms with Crippen molar-refractivity contribution in [1.29, 1.82) is 0 Å². The van der Waals surface area contributed by atoms with Crippen molar-refractivity contribution in [3.05, 3.63) is 60.7 Å². The van der Waals surface area contributed by atoms with Gasteiger partial charge >= 0.3 is 0 Å². The molecule has 0 saturated heterocycles. The quantitative estimate of drug-likeness (QED) is 0.528. The number of carbonyl (C=O) groups is 2. The molecule has 2 amide bonds. The molecule has 3 aromatic rings. The normalized spacial score (nSPS) is 10.3. The molecule has 30 heavy (non-hydrogen) atoms. The van der Waals surface area contributed by atoms with E-state index in [2.05, 4.69) is 20.8 Å². The zero-order valence-electron chi connectivity index (χ0n) is 16.7. The van der Waals surface area contributed by atoms with Crippen LogP contribution in [-0.2, 0) is 9.59 Å². The van der Waals surface area contributed by atoms with Crippen molar-refractivity contribution in [1.82, 2.24) is 10.2 Å². The van der Waals surface area contributed by atoms with Gasteiger partial charge in [-0.15, -0.1) is 10.2 Å². The standard InChI is InChI=1S/C22H22N4O3S/c1-3-29-19-10-4-16(5-11-19)20-12-13-22(26-25-20)30-14-21(28)24-18-8-6-17(7-9-18)23-15(2)27/h4-13H,3,14H2,1-2H3,(H,23,27)(H,24,28). The van der Waals surface area contributed by atoms with E-state index in [0.29, 0.717) is 23.0 Å².